The molecule has 0 atom stereocenters. The van der Waals surface area contributed by atoms with Crippen LogP contribution in [0.1, 0.15) is 12.7 Å². The van der Waals surface area contributed by atoms with Gasteiger partial charge in [0, 0.05) is 28.5 Å². The maximum atomic E-state index is 12.4. The molecule has 0 saturated carbocycles. The van der Waals surface area contributed by atoms with Gasteiger partial charge < -0.3 is 19.9 Å². The van der Waals surface area contributed by atoms with Crippen molar-refractivity contribution in [3.63, 3.8) is 0 Å². The summed E-state index contributed by atoms with van der Waals surface area (Å²) in [5, 5.41) is 14.6. The molecule has 10 heteroatoms. The predicted molar refractivity (Wildman–Crippen MR) is 125 cm³/mol. The number of hydrogen-bond acceptors (Lipinski definition) is 6. The number of benzene rings is 2. The Balaban J connectivity index is 1.58. The molecule has 0 unspecified atom stereocenters. The van der Waals surface area contributed by atoms with Crippen LogP contribution in [0.5, 0.6) is 5.75 Å². The largest absolute Gasteiger partial charge is 0.497 e. The van der Waals surface area contributed by atoms with Gasteiger partial charge in [-0.15, -0.1) is 10.2 Å². The quantitative estimate of drug-likeness (QED) is 0.428. The minimum Gasteiger partial charge on any atom is -0.497 e. The zero-order valence-corrected chi connectivity index (χ0v) is 19.5. The highest BCUT2D eigenvalue weighted by Gasteiger charge is 2.16. The second kappa shape index (κ2) is 11.0. The van der Waals surface area contributed by atoms with E-state index in [0.717, 1.165) is 4.47 Å². The molecule has 2 amide bonds. The van der Waals surface area contributed by atoms with E-state index in [2.05, 4.69) is 36.8 Å². The number of aromatic nitrogens is 3. The summed E-state index contributed by atoms with van der Waals surface area (Å²) in [6.07, 6.45) is 0.0723. The van der Waals surface area contributed by atoms with E-state index in [1.54, 1.807) is 31.4 Å². The van der Waals surface area contributed by atoms with E-state index in [1.807, 2.05) is 35.8 Å². The van der Waals surface area contributed by atoms with Crippen molar-refractivity contribution in [1.82, 2.24) is 14.8 Å². The van der Waals surface area contributed by atoms with Crippen LogP contribution in [-0.4, -0.2) is 39.4 Å². The van der Waals surface area contributed by atoms with Crippen LogP contribution in [0, 0.1) is 0 Å². The maximum absolute atomic E-state index is 12.4. The van der Waals surface area contributed by atoms with E-state index in [9.17, 15) is 9.59 Å². The van der Waals surface area contributed by atoms with Gasteiger partial charge in [0.25, 0.3) is 0 Å². The Kier molecular flexibility index (Phi) is 8.07. The highest BCUT2D eigenvalue weighted by molar-refractivity contribution is 9.10. The van der Waals surface area contributed by atoms with Gasteiger partial charge in [-0.1, -0.05) is 39.8 Å². The van der Waals surface area contributed by atoms with Gasteiger partial charge in [0.15, 0.2) is 5.16 Å². The number of carbonyl (C=O) groups excluding carboxylic acids is 2. The molecule has 2 aromatic carbocycles. The highest BCUT2D eigenvalue weighted by atomic mass is 79.9. The van der Waals surface area contributed by atoms with Crippen molar-refractivity contribution < 1.29 is 14.3 Å². The van der Waals surface area contributed by atoms with Gasteiger partial charge >= 0.3 is 0 Å². The van der Waals surface area contributed by atoms with Gasteiger partial charge in [0.05, 0.1) is 19.3 Å². The SMILES string of the molecule is CCn1c(CC(=O)Nc2cccc(OC)c2)nnc1SCC(=O)Nc1cccc(Br)c1. The fourth-order valence-corrected chi connectivity index (χ4v) is 4.04. The monoisotopic (exact) mass is 503 g/mol. The number of thioether (sulfide) groups is 1. The molecule has 3 rings (SSSR count). The van der Waals surface area contributed by atoms with Crippen molar-refractivity contribution >= 4 is 50.9 Å². The lowest BCUT2D eigenvalue weighted by molar-refractivity contribution is -0.116. The van der Waals surface area contributed by atoms with Gasteiger partial charge in [0.1, 0.15) is 11.6 Å². The molecule has 2 N–H and O–H groups in total. The number of halogens is 1. The van der Waals surface area contributed by atoms with E-state index in [4.69, 9.17) is 4.74 Å². The van der Waals surface area contributed by atoms with E-state index in [0.29, 0.717) is 34.6 Å². The summed E-state index contributed by atoms with van der Waals surface area (Å²) in [7, 11) is 1.57. The number of ether oxygens (including phenoxy) is 1. The van der Waals surface area contributed by atoms with Gasteiger partial charge in [-0.25, -0.2) is 0 Å². The fourth-order valence-electron chi connectivity index (χ4n) is 2.82. The third-order valence-corrected chi connectivity index (χ3v) is 5.68. The molecule has 1 heterocycles. The first-order valence-electron chi connectivity index (χ1n) is 9.52. The average molecular weight is 504 g/mol. The van der Waals surface area contributed by atoms with Crippen LogP contribution >= 0.6 is 27.7 Å². The number of carbonyl (C=O) groups is 2. The van der Waals surface area contributed by atoms with Gasteiger partial charge in [0.2, 0.25) is 11.8 Å². The standard InChI is InChI=1S/C21H22BrN5O3S/c1-3-27-18(12-19(28)23-16-8-5-9-17(11-16)30-2)25-26-21(27)31-13-20(29)24-15-7-4-6-14(22)10-15/h4-11H,3,12-13H2,1-2H3,(H,23,28)(H,24,29). The van der Waals surface area contributed by atoms with E-state index in [1.165, 1.54) is 11.8 Å². The maximum Gasteiger partial charge on any atom is 0.234 e. The number of methoxy groups -OCH3 is 1. The second-order valence-corrected chi connectivity index (χ2v) is 8.31. The minimum atomic E-state index is -0.209. The molecule has 0 aliphatic heterocycles. The van der Waals surface area contributed by atoms with Crippen LogP contribution < -0.4 is 15.4 Å². The summed E-state index contributed by atoms with van der Waals surface area (Å²) >= 11 is 4.66. The lowest BCUT2D eigenvalue weighted by Crippen LogP contribution is -2.18. The Hall–Kier alpha value is -2.85. The average Bonchev–Trinajstić information content (AvgIpc) is 3.13. The fraction of sp³-hybridized carbons (Fsp3) is 0.238. The third kappa shape index (κ3) is 6.56. The summed E-state index contributed by atoms with van der Waals surface area (Å²) in [5.41, 5.74) is 1.36. The van der Waals surface area contributed by atoms with Crippen LogP contribution in [0.15, 0.2) is 58.2 Å². The summed E-state index contributed by atoms with van der Waals surface area (Å²) in [4.78, 5) is 24.7. The molecule has 0 aliphatic rings. The van der Waals surface area contributed by atoms with Crippen molar-refractivity contribution in [1.29, 1.82) is 0 Å². The molecule has 31 heavy (non-hydrogen) atoms. The van der Waals surface area contributed by atoms with Gasteiger partial charge in [-0.05, 0) is 37.3 Å². The number of nitrogens with zero attached hydrogens (tertiary/aromatic N) is 3. The van der Waals surface area contributed by atoms with Crippen LogP contribution in [-0.2, 0) is 22.6 Å². The molecule has 0 fully saturated rings. The Morgan fingerprint density at radius 2 is 1.77 bits per heavy atom. The smallest absolute Gasteiger partial charge is 0.234 e. The molecule has 0 saturated heterocycles. The number of nitrogens with one attached hydrogen (secondary N) is 2. The van der Waals surface area contributed by atoms with Crippen LogP contribution in [0.3, 0.4) is 0 Å². The van der Waals surface area contributed by atoms with Gasteiger partial charge in [-0.3, -0.25) is 9.59 Å². The van der Waals surface area contributed by atoms with Crippen molar-refractivity contribution in [2.24, 2.45) is 0 Å². The zero-order valence-electron chi connectivity index (χ0n) is 17.1. The molecule has 162 valence electrons. The molecule has 8 nitrogen and oxygen atoms in total. The first-order chi connectivity index (χ1) is 15.0. The van der Waals surface area contributed by atoms with Gasteiger partial charge in [-0.2, -0.15) is 0 Å². The first-order valence-corrected chi connectivity index (χ1v) is 11.3. The van der Waals surface area contributed by atoms with Crippen LogP contribution in [0.4, 0.5) is 11.4 Å². The van der Waals surface area contributed by atoms with Crippen molar-refractivity contribution in [2.75, 3.05) is 23.5 Å². The number of amides is 2. The Bertz CT molecular complexity index is 1070. The number of hydrogen-bond donors (Lipinski definition) is 2. The lowest BCUT2D eigenvalue weighted by atomic mass is 10.3. The van der Waals surface area contributed by atoms with Crippen LogP contribution in [0.2, 0.25) is 0 Å². The summed E-state index contributed by atoms with van der Waals surface area (Å²) in [6.45, 7) is 2.53. The number of anilines is 2. The van der Waals surface area contributed by atoms with Crippen molar-refractivity contribution in [2.45, 2.75) is 25.0 Å². The third-order valence-electron chi connectivity index (χ3n) is 4.22. The van der Waals surface area contributed by atoms with Crippen molar-refractivity contribution in [3.05, 3.63) is 58.8 Å². The Morgan fingerprint density at radius 3 is 2.48 bits per heavy atom. The van der Waals surface area contributed by atoms with Crippen LogP contribution in [0.25, 0.3) is 0 Å². The van der Waals surface area contributed by atoms with E-state index in [-0.39, 0.29) is 24.0 Å². The molecule has 0 radical (unpaired) electrons. The molecular weight excluding hydrogens is 482 g/mol. The topological polar surface area (TPSA) is 98.1 Å². The normalized spacial score (nSPS) is 10.5. The molecule has 0 bridgehead atoms. The lowest BCUT2D eigenvalue weighted by Gasteiger charge is -2.09. The minimum absolute atomic E-state index is 0.0723. The summed E-state index contributed by atoms with van der Waals surface area (Å²) in [5.74, 6) is 1.03. The molecular formula is C21H22BrN5O3S. The zero-order chi connectivity index (χ0) is 22.2. The Morgan fingerprint density at radius 1 is 1.06 bits per heavy atom. The molecule has 3 aromatic rings. The predicted octanol–water partition coefficient (Wildman–Crippen LogP) is 3.98. The van der Waals surface area contributed by atoms with E-state index >= 15 is 0 Å². The first kappa shape index (κ1) is 22.8. The van der Waals surface area contributed by atoms with Crippen molar-refractivity contribution in [3.8, 4) is 5.75 Å². The second-order valence-electron chi connectivity index (χ2n) is 6.45. The summed E-state index contributed by atoms with van der Waals surface area (Å²) < 4.78 is 7.89. The molecule has 1 aromatic heterocycles. The number of rotatable bonds is 9. The van der Waals surface area contributed by atoms with E-state index < -0.39 is 0 Å². The molecule has 0 spiro atoms. The Labute approximate surface area is 192 Å². The molecule has 0 aliphatic carbocycles. The highest BCUT2D eigenvalue weighted by Crippen LogP contribution is 2.20. The summed E-state index contributed by atoms with van der Waals surface area (Å²) in [6, 6.07) is 14.5.